The molecule has 9 heteroatoms. The number of halogens is 1. The molecule has 1 heterocycles. The molecule has 0 saturated heterocycles. The van der Waals surface area contributed by atoms with Gasteiger partial charge in [-0.3, -0.25) is 9.59 Å². The van der Waals surface area contributed by atoms with Gasteiger partial charge in [0.1, 0.15) is 16.8 Å². The van der Waals surface area contributed by atoms with Gasteiger partial charge in [0.2, 0.25) is 0 Å². The summed E-state index contributed by atoms with van der Waals surface area (Å²) in [4.78, 5) is 23.5. The van der Waals surface area contributed by atoms with Crippen molar-refractivity contribution in [1.29, 1.82) is 0 Å². The Morgan fingerprint density at radius 2 is 1.78 bits per heavy atom. The average molecular weight is 396 g/mol. The summed E-state index contributed by atoms with van der Waals surface area (Å²) >= 11 is 0. The molecule has 0 radical (unpaired) electrons. The van der Waals surface area contributed by atoms with Crippen LogP contribution in [0.3, 0.4) is 0 Å². The molecule has 0 bridgehead atoms. The summed E-state index contributed by atoms with van der Waals surface area (Å²) in [5, 5.41) is 3.51. The van der Waals surface area contributed by atoms with Crippen molar-refractivity contribution in [1.82, 2.24) is 10.6 Å². The van der Waals surface area contributed by atoms with Crippen molar-refractivity contribution in [2.75, 3.05) is 13.1 Å². The maximum absolute atomic E-state index is 13.1. The fourth-order valence-corrected chi connectivity index (χ4v) is 3.94. The van der Waals surface area contributed by atoms with Crippen molar-refractivity contribution in [3.63, 3.8) is 0 Å². The number of hydrogen-bond acceptors (Lipinski definition) is 5. The van der Waals surface area contributed by atoms with Crippen molar-refractivity contribution in [3.05, 3.63) is 54.2 Å². The van der Waals surface area contributed by atoms with Crippen molar-refractivity contribution >= 4 is 21.7 Å². The van der Waals surface area contributed by atoms with Crippen LogP contribution in [0, 0.1) is 5.82 Å². The number of carbonyl (C=O) groups is 2. The average Bonchev–Trinajstić information content (AvgIpc) is 3.16. The van der Waals surface area contributed by atoms with E-state index in [0.29, 0.717) is 6.54 Å². The first-order valence-electron chi connectivity index (χ1n) is 8.45. The molecule has 1 aromatic carbocycles. The van der Waals surface area contributed by atoms with Crippen LogP contribution in [0.5, 0.6) is 0 Å². The lowest BCUT2D eigenvalue weighted by Gasteiger charge is -2.16. The van der Waals surface area contributed by atoms with Gasteiger partial charge in [-0.15, -0.1) is 0 Å². The summed E-state index contributed by atoms with van der Waals surface area (Å²) < 4.78 is 44.1. The summed E-state index contributed by atoms with van der Waals surface area (Å²) in [5.41, 5.74) is 0. The van der Waals surface area contributed by atoms with Gasteiger partial charge in [-0.25, -0.2) is 12.8 Å². The van der Waals surface area contributed by atoms with Crippen LogP contribution in [0.15, 0.2) is 52.0 Å². The minimum Gasteiger partial charge on any atom is -0.468 e. The van der Waals surface area contributed by atoms with Crippen molar-refractivity contribution in [3.8, 4) is 0 Å². The molecule has 2 aromatic rings. The smallest absolute Gasteiger partial charge is 0.309 e. The van der Waals surface area contributed by atoms with Crippen molar-refractivity contribution < 1.29 is 26.8 Å². The largest absolute Gasteiger partial charge is 0.468 e. The van der Waals surface area contributed by atoms with Gasteiger partial charge in [-0.2, -0.15) is 0 Å². The maximum atomic E-state index is 13.1. The third-order valence-corrected chi connectivity index (χ3v) is 5.92. The zero-order valence-corrected chi connectivity index (χ0v) is 15.6. The quantitative estimate of drug-likeness (QED) is 0.403. The molecule has 27 heavy (non-hydrogen) atoms. The van der Waals surface area contributed by atoms with Gasteiger partial charge in [0.15, 0.2) is 9.84 Å². The van der Waals surface area contributed by atoms with Gasteiger partial charge in [0, 0.05) is 13.1 Å². The van der Waals surface area contributed by atoms with Gasteiger partial charge in [0.05, 0.1) is 11.2 Å². The number of benzene rings is 1. The van der Waals surface area contributed by atoms with E-state index in [1.165, 1.54) is 18.4 Å². The van der Waals surface area contributed by atoms with Gasteiger partial charge in [0.25, 0.3) is 0 Å². The Morgan fingerprint density at radius 3 is 2.37 bits per heavy atom. The first-order valence-corrected chi connectivity index (χ1v) is 9.99. The molecular weight excluding hydrogens is 375 g/mol. The highest BCUT2D eigenvalue weighted by molar-refractivity contribution is 7.91. The topological polar surface area (TPSA) is 105 Å². The van der Waals surface area contributed by atoms with E-state index in [0.717, 1.165) is 37.1 Å². The summed E-state index contributed by atoms with van der Waals surface area (Å²) in [7, 11) is -3.99. The predicted molar refractivity (Wildman–Crippen MR) is 96.0 cm³/mol. The van der Waals surface area contributed by atoms with Crippen LogP contribution in [0.1, 0.15) is 30.8 Å². The summed E-state index contributed by atoms with van der Waals surface area (Å²) in [6, 6.07) is 7.32. The van der Waals surface area contributed by atoms with Gasteiger partial charge >= 0.3 is 11.8 Å². The van der Waals surface area contributed by atoms with Crippen molar-refractivity contribution in [2.45, 2.75) is 29.9 Å². The second kappa shape index (κ2) is 9.31. The molecule has 0 aliphatic carbocycles. The molecule has 0 saturated carbocycles. The van der Waals surface area contributed by atoms with Crippen LogP contribution in [0.2, 0.25) is 0 Å². The Bertz CT molecular complexity index is 864. The molecule has 146 valence electrons. The maximum Gasteiger partial charge on any atom is 0.309 e. The van der Waals surface area contributed by atoms with Crippen molar-refractivity contribution in [2.24, 2.45) is 0 Å². The molecule has 0 fully saturated rings. The lowest BCUT2D eigenvalue weighted by Crippen LogP contribution is -2.42. The molecule has 0 spiro atoms. The lowest BCUT2D eigenvalue weighted by molar-refractivity contribution is -0.139. The fraction of sp³-hybridized carbons (Fsp3) is 0.333. The molecule has 1 atom stereocenters. The number of sulfone groups is 1. The SMILES string of the molecule is CCCCNC(=O)C(=O)NC[C@@H](c1ccco1)S(=O)(=O)c1ccc(F)cc1. The summed E-state index contributed by atoms with van der Waals surface area (Å²) in [5.74, 6) is -2.23. The number of rotatable bonds is 8. The highest BCUT2D eigenvalue weighted by Crippen LogP contribution is 2.29. The first kappa shape index (κ1) is 20.6. The van der Waals surface area contributed by atoms with Gasteiger partial charge in [-0.1, -0.05) is 13.3 Å². The van der Waals surface area contributed by atoms with E-state index in [4.69, 9.17) is 4.42 Å². The predicted octanol–water partition coefficient (Wildman–Crippen LogP) is 1.97. The molecule has 1 aromatic heterocycles. The third-order valence-electron chi connectivity index (χ3n) is 3.85. The van der Waals surface area contributed by atoms with E-state index in [1.54, 1.807) is 0 Å². The molecule has 2 rings (SSSR count). The van der Waals surface area contributed by atoms with Crippen LogP contribution >= 0.6 is 0 Å². The highest BCUT2D eigenvalue weighted by Gasteiger charge is 2.32. The Hall–Kier alpha value is -2.68. The van der Waals surface area contributed by atoms with Crippen LogP contribution in [0.25, 0.3) is 0 Å². The molecule has 7 nitrogen and oxygen atoms in total. The standard InChI is InChI=1S/C18H21FN2O5S/c1-2-3-10-20-17(22)18(23)21-12-16(15-5-4-11-26-15)27(24,25)14-8-6-13(19)7-9-14/h4-9,11,16H,2-3,10,12H2,1H3,(H,20,22)(H,21,23)/t16-/m0/s1. The minimum absolute atomic E-state index is 0.103. The first-order chi connectivity index (χ1) is 12.9. The Labute approximate surface area is 156 Å². The number of hydrogen-bond donors (Lipinski definition) is 2. The zero-order chi connectivity index (χ0) is 19.9. The zero-order valence-electron chi connectivity index (χ0n) is 14.8. The third kappa shape index (κ3) is 5.40. The van der Waals surface area contributed by atoms with E-state index in [2.05, 4.69) is 10.6 Å². The van der Waals surface area contributed by atoms with E-state index in [9.17, 15) is 22.4 Å². The van der Waals surface area contributed by atoms with Gasteiger partial charge < -0.3 is 15.1 Å². The summed E-state index contributed by atoms with van der Waals surface area (Å²) in [6.07, 6.45) is 2.90. The van der Waals surface area contributed by atoms with E-state index in [1.807, 2.05) is 6.92 Å². The van der Waals surface area contributed by atoms with Crippen LogP contribution in [0.4, 0.5) is 4.39 Å². The Balaban J connectivity index is 2.15. The van der Waals surface area contributed by atoms with E-state index in [-0.39, 0.29) is 17.2 Å². The van der Waals surface area contributed by atoms with Gasteiger partial charge in [-0.05, 0) is 42.8 Å². The monoisotopic (exact) mass is 396 g/mol. The second-order valence-electron chi connectivity index (χ2n) is 5.82. The van der Waals surface area contributed by atoms with E-state index >= 15 is 0 Å². The van der Waals surface area contributed by atoms with Crippen LogP contribution in [-0.2, 0) is 19.4 Å². The molecule has 0 unspecified atom stereocenters. The second-order valence-corrected chi connectivity index (χ2v) is 7.95. The Morgan fingerprint density at radius 1 is 1.11 bits per heavy atom. The number of carbonyl (C=O) groups excluding carboxylic acids is 2. The molecule has 0 aliphatic rings. The fourth-order valence-electron chi connectivity index (χ4n) is 2.35. The molecule has 2 N–H and O–H groups in total. The number of nitrogens with one attached hydrogen (secondary N) is 2. The molecular formula is C18H21FN2O5S. The molecule has 2 amide bonds. The number of furan rings is 1. The Kier molecular flexibility index (Phi) is 7.12. The molecule has 0 aliphatic heterocycles. The minimum atomic E-state index is -3.99. The normalized spacial score (nSPS) is 12.4. The van der Waals surface area contributed by atoms with Crippen LogP contribution < -0.4 is 10.6 Å². The van der Waals surface area contributed by atoms with E-state index < -0.39 is 32.7 Å². The lowest BCUT2D eigenvalue weighted by atomic mass is 10.3. The van der Waals surface area contributed by atoms with Crippen LogP contribution in [-0.4, -0.2) is 33.3 Å². The summed E-state index contributed by atoms with van der Waals surface area (Å²) in [6.45, 7) is 1.94. The number of unbranched alkanes of at least 4 members (excludes halogenated alkanes) is 1. The number of amides is 2. The highest BCUT2D eigenvalue weighted by atomic mass is 32.2.